The zero-order valence-corrected chi connectivity index (χ0v) is 9.52. The van der Waals surface area contributed by atoms with Gasteiger partial charge in [-0.2, -0.15) is 4.98 Å². The van der Waals surface area contributed by atoms with E-state index in [0.29, 0.717) is 5.56 Å². The van der Waals surface area contributed by atoms with Crippen LogP contribution in [0.25, 0.3) is 0 Å². The lowest BCUT2D eigenvalue weighted by Gasteiger charge is -2.15. The number of nitrogens with two attached hydrogens (primary N) is 2. The number of carboxylic acid groups (broad SMARTS) is 1. The molecule has 1 fully saturated rings. The fourth-order valence-corrected chi connectivity index (χ4v) is 2.41. The summed E-state index contributed by atoms with van der Waals surface area (Å²) in [5, 5.41) is 8.89. The van der Waals surface area contributed by atoms with Crippen LogP contribution in [0.15, 0.2) is 0 Å². The molecule has 6 nitrogen and oxygen atoms in total. The molecule has 0 amide bonds. The molecule has 0 unspecified atom stereocenters. The number of aliphatic carboxylic acids is 1. The van der Waals surface area contributed by atoms with Gasteiger partial charge in [-0.25, -0.2) is 4.98 Å². The summed E-state index contributed by atoms with van der Waals surface area (Å²) < 4.78 is 0. The number of nitrogens with zero attached hydrogens (tertiary/aromatic N) is 2. The van der Waals surface area contributed by atoms with Crippen molar-refractivity contribution in [2.24, 2.45) is 0 Å². The van der Waals surface area contributed by atoms with E-state index in [1.54, 1.807) is 0 Å². The molecule has 17 heavy (non-hydrogen) atoms. The highest BCUT2D eigenvalue weighted by Gasteiger charge is 2.24. The Labute approximate surface area is 99.1 Å². The van der Waals surface area contributed by atoms with Crippen LogP contribution in [0.1, 0.15) is 42.9 Å². The van der Waals surface area contributed by atoms with Crippen LogP contribution >= 0.6 is 0 Å². The van der Waals surface area contributed by atoms with E-state index < -0.39 is 5.97 Å². The van der Waals surface area contributed by atoms with Gasteiger partial charge in [0.15, 0.2) is 0 Å². The molecule has 1 saturated carbocycles. The zero-order valence-electron chi connectivity index (χ0n) is 9.52. The van der Waals surface area contributed by atoms with Crippen LogP contribution in [-0.2, 0) is 11.2 Å². The van der Waals surface area contributed by atoms with E-state index in [0.717, 1.165) is 31.4 Å². The van der Waals surface area contributed by atoms with E-state index in [1.165, 1.54) is 0 Å². The minimum Gasteiger partial charge on any atom is -0.481 e. The first kappa shape index (κ1) is 11.6. The number of anilines is 2. The summed E-state index contributed by atoms with van der Waals surface area (Å²) in [6.45, 7) is 0. The Morgan fingerprint density at radius 3 is 2.53 bits per heavy atom. The average molecular weight is 236 g/mol. The first-order valence-corrected chi connectivity index (χ1v) is 5.71. The summed E-state index contributed by atoms with van der Waals surface area (Å²) in [6.07, 6.45) is 4.17. The van der Waals surface area contributed by atoms with Crippen LogP contribution in [0.3, 0.4) is 0 Å². The molecular formula is C11H16N4O2. The number of hydrogen-bond donors (Lipinski definition) is 3. The standard InChI is InChI=1S/C11H16N4O2/c12-10-7(5-8(16)17)9(14-11(13)15-10)6-3-1-2-4-6/h6H,1-5H2,(H,16,17)(H4,12,13,14,15). The average Bonchev–Trinajstić information content (AvgIpc) is 2.74. The summed E-state index contributed by atoms with van der Waals surface area (Å²) in [7, 11) is 0. The van der Waals surface area contributed by atoms with Crippen LogP contribution in [0, 0.1) is 0 Å². The topological polar surface area (TPSA) is 115 Å². The van der Waals surface area contributed by atoms with Gasteiger partial charge in [-0.15, -0.1) is 0 Å². The molecule has 5 N–H and O–H groups in total. The maximum Gasteiger partial charge on any atom is 0.308 e. The normalized spacial score (nSPS) is 16.2. The summed E-state index contributed by atoms with van der Waals surface area (Å²) in [6, 6.07) is 0. The summed E-state index contributed by atoms with van der Waals surface area (Å²) in [5.74, 6) is -0.332. The van der Waals surface area contributed by atoms with E-state index in [4.69, 9.17) is 16.6 Å². The van der Waals surface area contributed by atoms with Gasteiger partial charge >= 0.3 is 5.97 Å². The van der Waals surface area contributed by atoms with E-state index in [9.17, 15) is 4.79 Å². The Morgan fingerprint density at radius 1 is 1.29 bits per heavy atom. The maximum absolute atomic E-state index is 10.8. The van der Waals surface area contributed by atoms with Gasteiger partial charge in [-0.3, -0.25) is 4.79 Å². The summed E-state index contributed by atoms with van der Waals surface area (Å²) in [5.41, 5.74) is 12.6. The fourth-order valence-electron chi connectivity index (χ4n) is 2.41. The molecular weight excluding hydrogens is 220 g/mol. The molecule has 1 aromatic heterocycles. The molecule has 1 aliphatic carbocycles. The van der Waals surface area contributed by atoms with Gasteiger partial charge in [0.05, 0.1) is 12.1 Å². The van der Waals surface area contributed by atoms with Gasteiger partial charge in [-0.1, -0.05) is 12.8 Å². The van der Waals surface area contributed by atoms with Crippen molar-refractivity contribution in [1.29, 1.82) is 0 Å². The molecule has 0 spiro atoms. The number of carbonyl (C=O) groups is 1. The molecule has 1 aromatic rings. The van der Waals surface area contributed by atoms with Gasteiger partial charge in [0, 0.05) is 11.5 Å². The Bertz CT molecular complexity index is 441. The third kappa shape index (κ3) is 2.46. The van der Waals surface area contributed by atoms with Crippen LogP contribution < -0.4 is 11.5 Å². The van der Waals surface area contributed by atoms with Crippen molar-refractivity contribution in [1.82, 2.24) is 9.97 Å². The number of carboxylic acids is 1. The lowest BCUT2D eigenvalue weighted by Crippen LogP contribution is -2.14. The number of hydrogen-bond acceptors (Lipinski definition) is 5. The fraction of sp³-hybridized carbons (Fsp3) is 0.545. The van der Waals surface area contributed by atoms with E-state index in [2.05, 4.69) is 9.97 Å². The molecule has 2 rings (SSSR count). The van der Waals surface area contributed by atoms with Crippen molar-refractivity contribution in [3.05, 3.63) is 11.3 Å². The third-order valence-corrected chi connectivity index (χ3v) is 3.16. The molecule has 0 atom stereocenters. The molecule has 1 heterocycles. The second-order valence-electron chi connectivity index (χ2n) is 4.38. The van der Waals surface area contributed by atoms with E-state index in [1.807, 2.05) is 0 Å². The highest BCUT2D eigenvalue weighted by molar-refractivity contribution is 5.73. The molecule has 0 bridgehead atoms. The monoisotopic (exact) mass is 236 g/mol. The van der Waals surface area contributed by atoms with Crippen molar-refractivity contribution in [3.8, 4) is 0 Å². The van der Waals surface area contributed by atoms with Crippen LogP contribution in [0.4, 0.5) is 11.8 Å². The van der Waals surface area contributed by atoms with E-state index in [-0.39, 0.29) is 24.1 Å². The zero-order chi connectivity index (χ0) is 12.4. The quantitative estimate of drug-likeness (QED) is 0.719. The molecule has 6 heteroatoms. The second-order valence-corrected chi connectivity index (χ2v) is 4.38. The van der Waals surface area contributed by atoms with Gasteiger partial charge in [0.25, 0.3) is 0 Å². The highest BCUT2D eigenvalue weighted by atomic mass is 16.4. The Hall–Kier alpha value is -1.85. The predicted molar refractivity (Wildman–Crippen MR) is 63.4 cm³/mol. The maximum atomic E-state index is 10.8. The van der Waals surface area contributed by atoms with Gasteiger partial charge in [0.1, 0.15) is 5.82 Å². The minimum atomic E-state index is -0.927. The van der Waals surface area contributed by atoms with Crippen molar-refractivity contribution in [2.45, 2.75) is 38.0 Å². The van der Waals surface area contributed by atoms with Gasteiger partial charge < -0.3 is 16.6 Å². The lowest BCUT2D eigenvalue weighted by molar-refractivity contribution is -0.136. The number of rotatable bonds is 3. The van der Waals surface area contributed by atoms with Crippen LogP contribution in [-0.4, -0.2) is 21.0 Å². The highest BCUT2D eigenvalue weighted by Crippen LogP contribution is 2.36. The first-order chi connectivity index (χ1) is 8.08. The van der Waals surface area contributed by atoms with Crippen molar-refractivity contribution >= 4 is 17.7 Å². The molecule has 0 aliphatic heterocycles. The largest absolute Gasteiger partial charge is 0.481 e. The smallest absolute Gasteiger partial charge is 0.308 e. The van der Waals surface area contributed by atoms with E-state index >= 15 is 0 Å². The van der Waals surface area contributed by atoms with Gasteiger partial charge in [0.2, 0.25) is 5.95 Å². The number of nitrogen functional groups attached to an aromatic ring is 2. The van der Waals surface area contributed by atoms with Crippen LogP contribution in [0.5, 0.6) is 0 Å². The summed E-state index contributed by atoms with van der Waals surface area (Å²) >= 11 is 0. The molecule has 0 aromatic carbocycles. The molecule has 92 valence electrons. The Balaban J connectivity index is 2.42. The minimum absolute atomic E-state index is 0.124. The lowest BCUT2D eigenvalue weighted by atomic mass is 9.97. The second kappa shape index (κ2) is 4.57. The Kier molecular flexibility index (Phi) is 3.12. The molecule has 1 aliphatic rings. The molecule has 0 radical (unpaired) electrons. The van der Waals surface area contributed by atoms with Crippen molar-refractivity contribution in [3.63, 3.8) is 0 Å². The Morgan fingerprint density at radius 2 is 1.94 bits per heavy atom. The SMILES string of the molecule is Nc1nc(N)c(CC(=O)O)c(C2CCCC2)n1. The van der Waals surface area contributed by atoms with Gasteiger partial charge in [-0.05, 0) is 12.8 Å². The number of aromatic nitrogens is 2. The van der Waals surface area contributed by atoms with Crippen molar-refractivity contribution < 1.29 is 9.90 Å². The predicted octanol–water partition coefficient (Wildman–Crippen LogP) is 0.926. The third-order valence-electron chi connectivity index (χ3n) is 3.16. The summed E-state index contributed by atoms with van der Waals surface area (Å²) in [4.78, 5) is 18.9. The molecule has 0 saturated heterocycles. The van der Waals surface area contributed by atoms with Crippen LogP contribution in [0.2, 0.25) is 0 Å². The first-order valence-electron chi connectivity index (χ1n) is 5.71. The van der Waals surface area contributed by atoms with Crippen molar-refractivity contribution in [2.75, 3.05) is 11.5 Å².